The molecule has 112 valence electrons. The van der Waals surface area contributed by atoms with Crippen molar-refractivity contribution in [2.24, 2.45) is 0 Å². The molecule has 1 aromatic rings. The maximum Gasteiger partial charge on any atom is 0.270 e. The zero-order chi connectivity index (χ0) is 15.5. The molecular formula is C12H19N3O4S. The molecule has 0 aliphatic rings. The van der Waals surface area contributed by atoms with Gasteiger partial charge in [-0.1, -0.05) is 13.8 Å². The lowest BCUT2D eigenvalue weighted by atomic mass is 10.3. The highest BCUT2D eigenvalue weighted by Gasteiger charge is 2.30. The predicted octanol–water partition coefficient (Wildman–Crippen LogP) is 1.99. The van der Waals surface area contributed by atoms with E-state index in [1.54, 1.807) is 13.8 Å². The van der Waals surface area contributed by atoms with E-state index in [9.17, 15) is 18.5 Å². The van der Waals surface area contributed by atoms with Crippen LogP contribution in [-0.2, 0) is 10.0 Å². The van der Waals surface area contributed by atoms with Crippen LogP contribution >= 0.6 is 0 Å². The summed E-state index contributed by atoms with van der Waals surface area (Å²) in [5.41, 5.74) is 5.40. The van der Waals surface area contributed by atoms with Crippen LogP contribution in [0.3, 0.4) is 0 Å². The van der Waals surface area contributed by atoms with E-state index in [0.717, 1.165) is 6.07 Å². The summed E-state index contributed by atoms with van der Waals surface area (Å²) >= 11 is 0. The van der Waals surface area contributed by atoms with E-state index in [1.165, 1.54) is 16.4 Å². The van der Waals surface area contributed by atoms with Crippen molar-refractivity contribution in [3.05, 3.63) is 28.3 Å². The van der Waals surface area contributed by atoms with Gasteiger partial charge in [0.2, 0.25) is 10.0 Å². The Morgan fingerprint density at radius 2 is 2.00 bits per heavy atom. The van der Waals surface area contributed by atoms with Crippen LogP contribution in [0.5, 0.6) is 0 Å². The quantitative estimate of drug-likeness (QED) is 0.491. The highest BCUT2D eigenvalue weighted by molar-refractivity contribution is 7.89. The van der Waals surface area contributed by atoms with Gasteiger partial charge in [-0.3, -0.25) is 10.1 Å². The van der Waals surface area contributed by atoms with Gasteiger partial charge >= 0.3 is 0 Å². The van der Waals surface area contributed by atoms with Crippen LogP contribution in [0.25, 0.3) is 0 Å². The average molecular weight is 301 g/mol. The number of non-ortho nitro benzene ring substituents is 1. The standard InChI is InChI=1S/C12H19N3O4S/c1-4-9(3)14(5-2)20(18,19)12-8-10(15(16)17)6-7-11(12)13/h6-9H,4-5,13H2,1-3H3. The summed E-state index contributed by atoms with van der Waals surface area (Å²) in [7, 11) is -3.85. The minimum absolute atomic E-state index is 0.0114. The van der Waals surface area contributed by atoms with Crippen LogP contribution in [0.1, 0.15) is 27.2 Å². The van der Waals surface area contributed by atoms with Gasteiger partial charge in [-0.15, -0.1) is 0 Å². The van der Waals surface area contributed by atoms with Gasteiger partial charge in [-0.25, -0.2) is 8.42 Å². The second kappa shape index (κ2) is 6.19. The molecule has 0 amide bonds. The molecule has 0 heterocycles. The molecule has 1 rings (SSSR count). The molecule has 0 saturated carbocycles. The number of nitro benzene ring substituents is 1. The van der Waals surface area contributed by atoms with Crippen LogP contribution < -0.4 is 5.73 Å². The number of anilines is 1. The lowest BCUT2D eigenvalue weighted by Gasteiger charge is -2.26. The van der Waals surface area contributed by atoms with Gasteiger partial charge in [0.05, 0.1) is 10.6 Å². The number of nitrogens with two attached hydrogens (primary N) is 1. The van der Waals surface area contributed by atoms with Crippen LogP contribution in [-0.4, -0.2) is 30.2 Å². The molecule has 2 N–H and O–H groups in total. The molecule has 7 nitrogen and oxygen atoms in total. The van der Waals surface area contributed by atoms with Crippen molar-refractivity contribution in [3.8, 4) is 0 Å². The van der Waals surface area contributed by atoms with Crippen molar-refractivity contribution in [2.45, 2.75) is 38.1 Å². The van der Waals surface area contributed by atoms with Gasteiger partial charge in [0.15, 0.2) is 0 Å². The Balaban J connectivity index is 3.40. The summed E-state index contributed by atoms with van der Waals surface area (Å²) in [6.45, 7) is 5.66. The molecule has 0 aromatic heterocycles. The third kappa shape index (κ3) is 3.07. The number of sulfonamides is 1. The molecule has 0 bridgehead atoms. The number of benzene rings is 1. The monoisotopic (exact) mass is 301 g/mol. The first-order valence-electron chi connectivity index (χ1n) is 6.31. The summed E-state index contributed by atoms with van der Waals surface area (Å²) in [5, 5.41) is 10.8. The lowest BCUT2D eigenvalue weighted by molar-refractivity contribution is -0.385. The molecule has 0 fully saturated rings. The van der Waals surface area contributed by atoms with E-state index in [-0.39, 0.29) is 28.9 Å². The van der Waals surface area contributed by atoms with Crippen molar-refractivity contribution in [2.75, 3.05) is 12.3 Å². The fourth-order valence-corrected chi connectivity index (χ4v) is 3.76. The topological polar surface area (TPSA) is 107 Å². The van der Waals surface area contributed by atoms with Crippen LogP contribution in [0, 0.1) is 10.1 Å². The summed E-state index contributed by atoms with van der Waals surface area (Å²) in [5.74, 6) is 0. The van der Waals surface area contributed by atoms with Crippen molar-refractivity contribution >= 4 is 21.4 Å². The Labute approximate surface area is 118 Å². The lowest BCUT2D eigenvalue weighted by Crippen LogP contribution is -2.38. The van der Waals surface area contributed by atoms with Gasteiger partial charge in [0, 0.05) is 24.7 Å². The van der Waals surface area contributed by atoms with Gasteiger partial charge in [0.1, 0.15) is 4.90 Å². The fourth-order valence-electron chi connectivity index (χ4n) is 1.91. The van der Waals surface area contributed by atoms with Crippen molar-refractivity contribution < 1.29 is 13.3 Å². The Bertz CT molecular complexity index is 601. The molecule has 0 aliphatic carbocycles. The summed E-state index contributed by atoms with van der Waals surface area (Å²) in [6, 6.07) is 3.24. The second-order valence-electron chi connectivity index (χ2n) is 4.44. The highest BCUT2D eigenvalue weighted by atomic mass is 32.2. The van der Waals surface area contributed by atoms with Gasteiger partial charge in [-0.05, 0) is 19.4 Å². The predicted molar refractivity (Wildman–Crippen MR) is 76.8 cm³/mol. The smallest absolute Gasteiger partial charge is 0.270 e. The number of hydrogen-bond acceptors (Lipinski definition) is 5. The van der Waals surface area contributed by atoms with Crippen LogP contribution in [0.2, 0.25) is 0 Å². The maximum atomic E-state index is 12.6. The summed E-state index contributed by atoms with van der Waals surface area (Å²) in [4.78, 5) is 9.92. The van der Waals surface area contributed by atoms with Crippen molar-refractivity contribution in [3.63, 3.8) is 0 Å². The van der Waals surface area contributed by atoms with Gasteiger partial charge < -0.3 is 5.73 Å². The first kappa shape index (κ1) is 16.4. The van der Waals surface area contributed by atoms with E-state index in [1.807, 2.05) is 6.92 Å². The van der Waals surface area contributed by atoms with E-state index >= 15 is 0 Å². The molecule has 0 radical (unpaired) electrons. The average Bonchev–Trinajstić information content (AvgIpc) is 2.38. The van der Waals surface area contributed by atoms with Crippen molar-refractivity contribution in [1.82, 2.24) is 4.31 Å². The van der Waals surface area contributed by atoms with Gasteiger partial charge in [0.25, 0.3) is 5.69 Å². The molecule has 0 spiro atoms. The molecular weight excluding hydrogens is 282 g/mol. The fraction of sp³-hybridized carbons (Fsp3) is 0.500. The molecule has 0 aliphatic heterocycles. The highest BCUT2D eigenvalue weighted by Crippen LogP contribution is 2.28. The molecule has 1 atom stereocenters. The first-order valence-corrected chi connectivity index (χ1v) is 7.75. The first-order chi connectivity index (χ1) is 9.25. The number of nitro groups is 1. The van der Waals surface area contributed by atoms with Crippen LogP contribution in [0.4, 0.5) is 11.4 Å². The maximum absolute atomic E-state index is 12.6. The van der Waals surface area contributed by atoms with Gasteiger partial charge in [-0.2, -0.15) is 4.31 Å². The Kier molecular flexibility index (Phi) is 5.07. The number of nitrogens with zero attached hydrogens (tertiary/aromatic N) is 2. The molecule has 1 aromatic carbocycles. The minimum atomic E-state index is -3.85. The number of nitrogen functional groups attached to an aromatic ring is 1. The summed E-state index contributed by atoms with van der Waals surface area (Å²) < 4.78 is 26.5. The van der Waals surface area contributed by atoms with E-state index in [0.29, 0.717) is 6.42 Å². The Hall–Kier alpha value is -1.67. The Morgan fingerprint density at radius 1 is 1.40 bits per heavy atom. The SMILES string of the molecule is CCC(C)N(CC)S(=O)(=O)c1cc([N+](=O)[O-])ccc1N. The second-order valence-corrected chi connectivity index (χ2v) is 6.30. The van der Waals surface area contributed by atoms with Crippen molar-refractivity contribution in [1.29, 1.82) is 0 Å². The molecule has 1 unspecified atom stereocenters. The van der Waals surface area contributed by atoms with E-state index in [4.69, 9.17) is 5.73 Å². The van der Waals surface area contributed by atoms with E-state index in [2.05, 4.69) is 0 Å². The minimum Gasteiger partial charge on any atom is -0.398 e. The summed E-state index contributed by atoms with van der Waals surface area (Å²) in [6.07, 6.45) is 0.641. The molecule has 20 heavy (non-hydrogen) atoms. The number of hydrogen-bond donors (Lipinski definition) is 1. The number of rotatable bonds is 6. The molecule has 8 heteroatoms. The third-order valence-corrected chi connectivity index (χ3v) is 5.33. The largest absolute Gasteiger partial charge is 0.398 e. The Morgan fingerprint density at radius 3 is 2.45 bits per heavy atom. The zero-order valence-electron chi connectivity index (χ0n) is 11.7. The van der Waals surface area contributed by atoms with E-state index < -0.39 is 14.9 Å². The third-order valence-electron chi connectivity index (χ3n) is 3.19. The van der Waals surface area contributed by atoms with Crippen LogP contribution in [0.15, 0.2) is 23.1 Å². The normalized spacial score (nSPS) is 13.4. The zero-order valence-corrected chi connectivity index (χ0v) is 12.6. The molecule has 0 saturated heterocycles.